The van der Waals surface area contributed by atoms with Crippen LogP contribution in [-0.2, 0) is 14.1 Å². The molecule has 0 bridgehead atoms. The van der Waals surface area contributed by atoms with Crippen molar-refractivity contribution in [1.29, 1.82) is 0 Å². The van der Waals surface area contributed by atoms with Crippen LogP contribution < -0.4 is 10.9 Å². The topological polar surface area (TPSA) is 92.0 Å². The number of hydrogen-bond donors (Lipinski definition) is 3. The summed E-state index contributed by atoms with van der Waals surface area (Å²) >= 11 is 0. The zero-order chi connectivity index (χ0) is 20.0. The van der Waals surface area contributed by atoms with Crippen molar-refractivity contribution in [3.63, 3.8) is 0 Å². The van der Waals surface area contributed by atoms with Gasteiger partial charge in [-0.2, -0.15) is 0 Å². The first-order valence-electron chi connectivity index (χ1n) is 9.14. The lowest BCUT2D eigenvalue weighted by molar-refractivity contribution is 0.0951. The number of aliphatic hydroxyl groups is 1. The van der Waals surface area contributed by atoms with Crippen molar-refractivity contribution in [2.45, 2.75) is 13.0 Å². The van der Waals surface area contributed by atoms with E-state index < -0.39 is 6.10 Å². The fourth-order valence-electron chi connectivity index (χ4n) is 3.61. The number of aryl methyl sites for hydroxylation is 2. The smallest absolute Gasteiger partial charge is 0.274 e. The Morgan fingerprint density at radius 1 is 1.21 bits per heavy atom. The van der Waals surface area contributed by atoms with Gasteiger partial charge in [0, 0.05) is 49.5 Å². The Morgan fingerprint density at radius 2 is 2.00 bits per heavy atom. The maximum Gasteiger partial charge on any atom is 0.274 e. The molecule has 3 aromatic heterocycles. The molecule has 3 N–H and O–H groups in total. The Kier molecular flexibility index (Phi) is 4.31. The summed E-state index contributed by atoms with van der Waals surface area (Å²) in [5.41, 5.74) is 2.72. The monoisotopic (exact) mass is 378 g/mol. The maximum atomic E-state index is 12.5. The van der Waals surface area contributed by atoms with Crippen LogP contribution in [0, 0.1) is 0 Å². The Labute approximate surface area is 161 Å². The quantitative estimate of drug-likeness (QED) is 0.508. The summed E-state index contributed by atoms with van der Waals surface area (Å²) < 4.78 is 3.43. The number of nitrogens with one attached hydrogen (secondary N) is 2. The molecule has 144 valence electrons. The van der Waals surface area contributed by atoms with Gasteiger partial charge in [-0.05, 0) is 42.1 Å². The first-order valence-corrected chi connectivity index (χ1v) is 9.14. The van der Waals surface area contributed by atoms with E-state index in [4.69, 9.17) is 0 Å². The van der Waals surface area contributed by atoms with Crippen LogP contribution in [0.4, 0.5) is 0 Å². The van der Waals surface area contributed by atoms with Gasteiger partial charge in [0.15, 0.2) is 0 Å². The average Bonchev–Trinajstić information content (AvgIpc) is 3.29. The number of nitrogens with zero attached hydrogens (tertiary/aromatic N) is 2. The molecule has 0 radical (unpaired) electrons. The van der Waals surface area contributed by atoms with Gasteiger partial charge in [-0.3, -0.25) is 9.59 Å². The first-order chi connectivity index (χ1) is 13.4. The van der Waals surface area contributed by atoms with Gasteiger partial charge in [0.2, 0.25) is 0 Å². The summed E-state index contributed by atoms with van der Waals surface area (Å²) in [5, 5.41) is 15.4. The number of aromatic nitrogens is 3. The van der Waals surface area contributed by atoms with Crippen LogP contribution in [0.25, 0.3) is 21.8 Å². The van der Waals surface area contributed by atoms with E-state index in [2.05, 4.69) is 10.3 Å². The molecule has 0 saturated heterocycles. The van der Waals surface area contributed by atoms with Gasteiger partial charge >= 0.3 is 0 Å². The third kappa shape index (κ3) is 2.80. The largest absolute Gasteiger partial charge is 0.384 e. The van der Waals surface area contributed by atoms with Gasteiger partial charge in [-0.25, -0.2) is 0 Å². The highest BCUT2D eigenvalue weighted by Crippen LogP contribution is 2.30. The van der Waals surface area contributed by atoms with Crippen molar-refractivity contribution < 1.29 is 9.90 Å². The molecule has 0 aliphatic heterocycles. The molecule has 0 aliphatic rings. The average molecular weight is 378 g/mol. The van der Waals surface area contributed by atoms with E-state index in [1.165, 1.54) is 4.57 Å². The Bertz CT molecular complexity index is 1260. The third-order valence-corrected chi connectivity index (χ3v) is 5.10. The summed E-state index contributed by atoms with van der Waals surface area (Å²) in [7, 11) is 3.60. The van der Waals surface area contributed by atoms with E-state index in [-0.39, 0.29) is 11.5 Å². The minimum atomic E-state index is -0.934. The van der Waals surface area contributed by atoms with Crippen LogP contribution in [0.5, 0.6) is 0 Å². The molecular formula is C21H22N4O3. The van der Waals surface area contributed by atoms with Crippen LogP contribution >= 0.6 is 0 Å². The Hall–Kier alpha value is -3.32. The predicted octanol–water partition coefficient (Wildman–Crippen LogP) is 2.19. The lowest BCUT2D eigenvalue weighted by Gasteiger charge is -2.14. The summed E-state index contributed by atoms with van der Waals surface area (Å²) in [6.07, 6.45) is 2.66. The molecule has 7 nitrogen and oxygen atoms in total. The zero-order valence-electron chi connectivity index (χ0n) is 16.0. The number of amides is 1. The van der Waals surface area contributed by atoms with Crippen LogP contribution in [-0.4, -0.2) is 31.7 Å². The lowest BCUT2D eigenvalue weighted by Crippen LogP contribution is -2.23. The normalized spacial score (nSPS) is 12.6. The van der Waals surface area contributed by atoms with E-state index >= 15 is 0 Å². The second kappa shape index (κ2) is 6.69. The van der Waals surface area contributed by atoms with E-state index in [1.807, 2.05) is 49.0 Å². The molecule has 28 heavy (non-hydrogen) atoms. The summed E-state index contributed by atoms with van der Waals surface area (Å²) in [4.78, 5) is 27.6. The number of rotatable bonds is 4. The summed E-state index contributed by atoms with van der Waals surface area (Å²) in [6.45, 7) is 2.31. The highest BCUT2D eigenvalue weighted by atomic mass is 16.3. The fourth-order valence-corrected chi connectivity index (χ4v) is 3.61. The van der Waals surface area contributed by atoms with Crippen molar-refractivity contribution >= 4 is 27.7 Å². The number of hydrogen-bond acceptors (Lipinski definition) is 3. The number of carbonyl (C=O) groups excluding carboxylic acids is 1. The van der Waals surface area contributed by atoms with Crippen LogP contribution in [0.2, 0.25) is 0 Å². The Balaban J connectivity index is 1.87. The lowest BCUT2D eigenvalue weighted by atomic mass is 9.99. The van der Waals surface area contributed by atoms with Crippen LogP contribution in [0.1, 0.15) is 34.6 Å². The van der Waals surface area contributed by atoms with Gasteiger partial charge in [0.05, 0.1) is 0 Å². The zero-order valence-corrected chi connectivity index (χ0v) is 16.0. The molecule has 1 unspecified atom stereocenters. The second-order valence-corrected chi connectivity index (χ2v) is 6.98. The molecule has 7 heteroatoms. The van der Waals surface area contributed by atoms with E-state index in [0.717, 1.165) is 16.5 Å². The van der Waals surface area contributed by atoms with Crippen molar-refractivity contribution in [1.82, 2.24) is 19.4 Å². The number of aromatic amines is 1. The van der Waals surface area contributed by atoms with Crippen molar-refractivity contribution in [2.75, 3.05) is 6.54 Å². The number of aliphatic hydroxyl groups excluding tert-OH is 1. The minimum Gasteiger partial charge on any atom is -0.384 e. The molecule has 4 rings (SSSR count). The second-order valence-electron chi connectivity index (χ2n) is 6.98. The van der Waals surface area contributed by atoms with Gasteiger partial charge in [-0.15, -0.1) is 0 Å². The summed E-state index contributed by atoms with van der Waals surface area (Å²) in [5.74, 6) is -0.285. The molecule has 0 fully saturated rings. The number of carbonyl (C=O) groups is 1. The standard InChI is InChI=1S/C21H22N4O3/c1-4-22-20(27)16-10-14-15(11-25(3)21(28)18(14)23-16)19(26)13-5-6-17-12(9-13)7-8-24(17)2/h5-11,19,23,26H,4H2,1-3H3,(H,22,27). The molecule has 0 aliphatic carbocycles. The molecular weight excluding hydrogens is 356 g/mol. The predicted molar refractivity (Wildman–Crippen MR) is 109 cm³/mol. The van der Waals surface area contributed by atoms with Crippen molar-refractivity contribution in [3.8, 4) is 0 Å². The molecule has 0 spiro atoms. The van der Waals surface area contributed by atoms with E-state index in [1.54, 1.807) is 19.3 Å². The Morgan fingerprint density at radius 3 is 2.75 bits per heavy atom. The van der Waals surface area contributed by atoms with Crippen molar-refractivity contribution in [3.05, 3.63) is 69.9 Å². The van der Waals surface area contributed by atoms with Crippen LogP contribution in [0.3, 0.4) is 0 Å². The van der Waals surface area contributed by atoms with Gasteiger partial charge in [0.25, 0.3) is 11.5 Å². The van der Waals surface area contributed by atoms with Gasteiger partial charge < -0.3 is 24.5 Å². The SMILES string of the molecule is CCNC(=O)c1cc2c(C(O)c3ccc4c(ccn4C)c3)cn(C)c(=O)c2[nH]1. The molecule has 3 heterocycles. The van der Waals surface area contributed by atoms with Crippen molar-refractivity contribution in [2.24, 2.45) is 14.1 Å². The number of H-pyrrole nitrogens is 1. The van der Waals surface area contributed by atoms with Crippen LogP contribution in [0.15, 0.2) is 47.5 Å². The number of fused-ring (bicyclic) bond motifs is 2. The fraction of sp³-hybridized carbons (Fsp3) is 0.238. The van der Waals surface area contributed by atoms with E-state index in [9.17, 15) is 14.7 Å². The molecule has 1 atom stereocenters. The number of pyridine rings is 1. The molecule has 1 aromatic carbocycles. The maximum absolute atomic E-state index is 12.5. The number of benzene rings is 1. The van der Waals surface area contributed by atoms with Gasteiger partial charge in [-0.1, -0.05) is 6.07 Å². The third-order valence-electron chi connectivity index (χ3n) is 5.10. The molecule has 1 amide bonds. The highest BCUT2D eigenvalue weighted by molar-refractivity contribution is 5.98. The molecule has 0 saturated carbocycles. The van der Waals surface area contributed by atoms with E-state index in [0.29, 0.717) is 28.7 Å². The minimum absolute atomic E-state index is 0.250. The highest BCUT2D eigenvalue weighted by Gasteiger charge is 2.20. The summed E-state index contributed by atoms with van der Waals surface area (Å²) in [6, 6.07) is 9.40. The molecule has 4 aromatic rings. The first kappa shape index (κ1) is 18.1. The van der Waals surface area contributed by atoms with Gasteiger partial charge in [0.1, 0.15) is 17.3 Å².